The molecule has 0 unspecified atom stereocenters. The Morgan fingerprint density at radius 1 is 0.473 bits per heavy atom. The van der Waals surface area contributed by atoms with Gasteiger partial charge in [-0.3, -0.25) is 0 Å². The van der Waals surface area contributed by atoms with E-state index in [0.29, 0.717) is 0 Å². The molecule has 4 heterocycles. The van der Waals surface area contributed by atoms with Crippen molar-refractivity contribution in [3.05, 3.63) is 209 Å². The van der Waals surface area contributed by atoms with Crippen LogP contribution >= 0.6 is 0 Å². The molecule has 3 heteroatoms. The lowest BCUT2D eigenvalue weighted by atomic mass is 9.43. The first-order chi connectivity index (χ1) is 27.1. The van der Waals surface area contributed by atoms with E-state index >= 15 is 0 Å². The molecule has 1 aromatic heterocycles. The summed E-state index contributed by atoms with van der Waals surface area (Å²) in [5, 5.41) is 2.63. The van der Waals surface area contributed by atoms with Crippen LogP contribution < -0.4 is 15.8 Å². The van der Waals surface area contributed by atoms with Crippen molar-refractivity contribution in [2.75, 3.05) is 4.90 Å². The van der Waals surface area contributed by atoms with Gasteiger partial charge in [0.15, 0.2) is 0 Å². The number of anilines is 3. The molecule has 0 bridgehead atoms. The van der Waals surface area contributed by atoms with Crippen LogP contribution in [0.25, 0.3) is 44.1 Å². The van der Waals surface area contributed by atoms with E-state index in [1.165, 1.54) is 105 Å². The monoisotopic (exact) mass is 698 g/mol. The van der Waals surface area contributed by atoms with Gasteiger partial charge in [0.25, 0.3) is 0 Å². The molecular weight excluding hydrogens is 663 g/mol. The van der Waals surface area contributed by atoms with Gasteiger partial charge < -0.3 is 9.38 Å². The van der Waals surface area contributed by atoms with Gasteiger partial charge in [-0.05, 0) is 79.2 Å². The number of aromatic nitrogens is 1. The summed E-state index contributed by atoms with van der Waals surface area (Å²) < 4.78 is 2.70. The summed E-state index contributed by atoms with van der Waals surface area (Å²) in [5.74, 6) is 0. The molecule has 0 amide bonds. The normalized spacial score (nSPS) is 15.7. The lowest BCUT2D eigenvalue weighted by molar-refractivity contribution is 0.660. The number of rotatable bonds is 2. The molecule has 0 saturated heterocycles. The van der Waals surface area contributed by atoms with Gasteiger partial charge in [0.2, 0.25) is 0 Å². The molecule has 1 aliphatic carbocycles. The minimum atomic E-state index is -0.534. The predicted molar refractivity (Wildman–Crippen MR) is 229 cm³/mol. The Balaban J connectivity index is 1.27. The third kappa shape index (κ3) is 3.37. The molecule has 2 nitrogen and oxygen atoms in total. The number of para-hydroxylation sites is 4. The minimum absolute atomic E-state index is 0.0239. The van der Waals surface area contributed by atoms with Crippen LogP contribution in [-0.4, -0.2) is 11.3 Å². The van der Waals surface area contributed by atoms with Crippen molar-refractivity contribution in [1.82, 2.24) is 4.48 Å². The number of nitrogens with zero attached hydrogens (tertiary/aromatic N) is 2. The van der Waals surface area contributed by atoms with E-state index in [9.17, 15) is 0 Å². The molecule has 0 radical (unpaired) electrons. The Bertz CT molecular complexity index is 3100. The number of hydrogen-bond donors (Lipinski definition) is 0. The molecule has 0 saturated carbocycles. The number of benzene rings is 8. The highest BCUT2D eigenvalue weighted by Crippen LogP contribution is 2.61. The van der Waals surface area contributed by atoms with Gasteiger partial charge in [-0.25, -0.2) is 0 Å². The summed E-state index contributed by atoms with van der Waals surface area (Å²) in [6.07, 6.45) is 0. The first-order valence-corrected chi connectivity index (χ1v) is 19.6. The molecule has 3 aliphatic heterocycles. The standard InChI is InChI=1S/C52H35BN2/c1-51(2)38-25-11-9-22-36(38)46-41(51)31-45-48-47(46)37-24-15-23-35-34-21-10-13-29-43(34)55(49(35)37)53(48)42-28-16-27-40-50(42)54(45)44-30-14-12-26-39(44)52(40,32-17-5-3-6-18-32)33-19-7-4-8-20-33/h3-31H,1-2H3. The van der Waals surface area contributed by atoms with Gasteiger partial charge in [0.1, 0.15) is 0 Å². The second-order valence-electron chi connectivity index (χ2n) is 16.3. The Morgan fingerprint density at radius 2 is 1.09 bits per heavy atom. The number of fused-ring (bicyclic) bond motifs is 13. The molecule has 8 aromatic carbocycles. The summed E-state index contributed by atoms with van der Waals surface area (Å²) in [5.41, 5.74) is 22.0. The Morgan fingerprint density at radius 3 is 1.89 bits per heavy atom. The SMILES string of the molecule is CC1(C)c2ccccc2-c2c1cc1c3c2-c2cccc4c5ccccc5n(c24)B3c2cccc3c2N1c1ccccc1C3(c1ccccc1)c1ccccc1. The first-order valence-electron chi connectivity index (χ1n) is 19.6. The first kappa shape index (κ1) is 29.8. The third-order valence-electron chi connectivity index (χ3n) is 13.6. The zero-order valence-electron chi connectivity index (χ0n) is 30.7. The largest absolute Gasteiger partial charge is 0.375 e. The molecule has 256 valence electrons. The zero-order chi connectivity index (χ0) is 36.2. The van der Waals surface area contributed by atoms with Crippen LogP contribution in [0.1, 0.15) is 47.2 Å². The highest BCUT2D eigenvalue weighted by atomic mass is 15.2. The molecule has 4 aliphatic rings. The van der Waals surface area contributed by atoms with Crippen LogP contribution in [-0.2, 0) is 10.8 Å². The van der Waals surface area contributed by atoms with E-state index in [1.807, 2.05) is 0 Å². The van der Waals surface area contributed by atoms with E-state index in [2.05, 4.69) is 199 Å². The number of hydrogen-bond acceptors (Lipinski definition) is 1. The predicted octanol–water partition coefficient (Wildman–Crippen LogP) is 11.2. The quantitative estimate of drug-likeness (QED) is 0.163. The van der Waals surface area contributed by atoms with Crippen LogP contribution in [0.4, 0.5) is 17.1 Å². The molecule has 55 heavy (non-hydrogen) atoms. The smallest absolute Gasteiger partial charge is 0.333 e. The van der Waals surface area contributed by atoms with Crippen molar-refractivity contribution in [1.29, 1.82) is 0 Å². The van der Waals surface area contributed by atoms with Crippen LogP contribution in [0, 0.1) is 0 Å². The van der Waals surface area contributed by atoms with Crippen molar-refractivity contribution in [3.63, 3.8) is 0 Å². The molecule has 13 rings (SSSR count). The van der Waals surface area contributed by atoms with Gasteiger partial charge in [-0.15, -0.1) is 0 Å². The summed E-state index contributed by atoms with van der Waals surface area (Å²) >= 11 is 0. The molecule has 0 N–H and O–H groups in total. The maximum Gasteiger partial charge on any atom is 0.333 e. The maximum absolute atomic E-state index is 2.70. The Labute approximate surface area is 321 Å². The van der Waals surface area contributed by atoms with Crippen LogP contribution in [0.3, 0.4) is 0 Å². The third-order valence-corrected chi connectivity index (χ3v) is 13.6. The van der Waals surface area contributed by atoms with Crippen molar-refractivity contribution >= 4 is 56.6 Å². The molecule has 0 atom stereocenters. The summed E-state index contributed by atoms with van der Waals surface area (Å²) in [7, 11) is 0. The molecule has 0 fully saturated rings. The summed E-state index contributed by atoms with van der Waals surface area (Å²) in [6, 6.07) is 66.7. The fourth-order valence-electron chi connectivity index (χ4n) is 11.5. The van der Waals surface area contributed by atoms with E-state index in [0.717, 1.165) is 0 Å². The fourth-order valence-corrected chi connectivity index (χ4v) is 11.5. The minimum Gasteiger partial charge on any atom is -0.375 e. The van der Waals surface area contributed by atoms with E-state index in [1.54, 1.807) is 0 Å². The lowest BCUT2D eigenvalue weighted by Gasteiger charge is -2.51. The Kier molecular flexibility index (Phi) is 5.50. The van der Waals surface area contributed by atoms with Gasteiger partial charge >= 0.3 is 6.85 Å². The average molecular weight is 699 g/mol. The lowest BCUT2D eigenvalue weighted by Crippen LogP contribution is -2.58. The molecule has 9 aromatic rings. The van der Waals surface area contributed by atoms with Gasteiger partial charge in [-0.1, -0.05) is 172 Å². The fraction of sp³-hybridized carbons (Fsp3) is 0.0769. The Hall–Kier alpha value is -6.58. The van der Waals surface area contributed by atoms with E-state index in [4.69, 9.17) is 0 Å². The maximum atomic E-state index is 2.70. The van der Waals surface area contributed by atoms with Gasteiger partial charge in [0.05, 0.1) is 11.1 Å². The van der Waals surface area contributed by atoms with Crippen LogP contribution in [0.5, 0.6) is 0 Å². The van der Waals surface area contributed by atoms with Crippen LogP contribution in [0.15, 0.2) is 176 Å². The van der Waals surface area contributed by atoms with Crippen LogP contribution in [0.2, 0.25) is 0 Å². The highest BCUT2D eigenvalue weighted by Gasteiger charge is 2.53. The summed E-state index contributed by atoms with van der Waals surface area (Å²) in [4.78, 5) is 2.66. The molecule has 0 spiro atoms. The average Bonchev–Trinajstić information content (AvgIpc) is 3.69. The zero-order valence-corrected chi connectivity index (χ0v) is 30.7. The van der Waals surface area contributed by atoms with Gasteiger partial charge in [-0.2, -0.15) is 0 Å². The van der Waals surface area contributed by atoms with Crippen molar-refractivity contribution in [2.45, 2.75) is 24.7 Å². The van der Waals surface area contributed by atoms with Crippen molar-refractivity contribution in [2.24, 2.45) is 0 Å². The van der Waals surface area contributed by atoms with Crippen molar-refractivity contribution < 1.29 is 0 Å². The highest BCUT2D eigenvalue weighted by molar-refractivity contribution is 6.90. The second-order valence-corrected chi connectivity index (χ2v) is 16.3. The topological polar surface area (TPSA) is 8.17 Å². The van der Waals surface area contributed by atoms with Gasteiger partial charge in [0, 0.05) is 44.2 Å². The molecular formula is C52H35BN2. The van der Waals surface area contributed by atoms with E-state index < -0.39 is 5.41 Å². The second kappa shape index (κ2) is 10.1. The van der Waals surface area contributed by atoms with Crippen molar-refractivity contribution in [3.8, 4) is 22.3 Å². The summed E-state index contributed by atoms with van der Waals surface area (Å²) in [6.45, 7) is 4.83. The van der Waals surface area contributed by atoms with E-state index in [-0.39, 0.29) is 12.3 Å².